The highest BCUT2D eigenvalue weighted by Gasteiger charge is 2.13. The summed E-state index contributed by atoms with van der Waals surface area (Å²) in [4.78, 5) is 0. The van der Waals surface area contributed by atoms with Gasteiger partial charge in [-0.2, -0.15) is 0 Å². The molecule has 0 atom stereocenters. The van der Waals surface area contributed by atoms with Gasteiger partial charge in [0.2, 0.25) is 0 Å². The molecule has 0 radical (unpaired) electrons. The third kappa shape index (κ3) is 2.33. The SMILES string of the molecule is Nc1ccccc1-c1cccc2cccc(-c3ccccc3F)c12. The van der Waals surface area contributed by atoms with Crippen molar-refractivity contribution in [2.75, 3.05) is 5.73 Å². The molecule has 0 spiro atoms. The quantitative estimate of drug-likeness (QED) is 0.458. The molecule has 0 heterocycles. The molecule has 0 fully saturated rings. The Morgan fingerprint density at radius 1 is 0.542 bits per heavy atom. The zero-order chi connectivity index (χ0) is 16.5. The van der Waals surface area contributed by atoms with Gasteiger partial charge in [-0.25, -0.2) is 4.39 Å². The van der Waals surface area contributed by atoms with Gasteiger partial charge in [-0.15, -0.1) is 0 Å². The van der Waals surface area contributed by atoms with E-state index in [4.69, 9.17) is 5.73 Å². The molecule has 4 rings (SSSR count). The van der Waals surface area contributed by atoms with Gasteiger partial charge >= 0.3 is 0 Å². The maximum atomic E-state index is 14.4. The van der Waals surface area contributed by atoms with Gasteiger partial charge in [0.1, 0.15) is 5.82 Å². The standard InChI is InChI=1S/C22H16FN/c23-20-13-3-1-9-16(20)18-11-5-7-15-8-6-12-19(22(15)18)17-10-2-4-14-21(17)24/h1-14H,24H2. The van der Waals surface area contributed by atoms with Gasteiger partial charge in [0.05, 0.1) is 0 Å². The van der Waals surface area contributed by atoms with Crippen LogP contribution in [0.1, 0.15) is 0 Å². The summed E-state index contributed by atoms with van der Waals surface area (Å²) in [5.74, 6) is -0.221. The summed E-state index contributed by atoms with van der Waals surface area (Å²) < 4.78 is 14.4. The lowest BCUT2D eigenvalue weighted by molar-refractivity contribution is 0.631. The molecule has 2 heteroatoms. The highest BCUT2D eigenvalue weighted by molar-refractivity contribution is 6.07. The van der Waals surface area contributed by atoms with E-state index in [-0.39, 0.29) is 5.82 Å². The van der Waals surface area contributed by atoms with Gasteiger partial charge in [0, 0.05) is 16.8 Å². The first-order valence-corrected chi connectivity index (χ1v) is 7.87. The van der Waals surface area contributed by atoms with Crippen LogP contribution in [0, 0.1) is 5.82 Å². The summed E-state index contributed by atoms with van der Waals surface area (Å²) in [5.41, 5.74) is 10.4. The van der Waals surface area contributed by atoms with E-state index in [0.29, 0.717) is 11.3 Å². The molecule has 0 saturated heterocycles. The molecule has 0 saturated carbocycles. The number of hydrogen-bond acceptors (Lipinski definition) is 1. The van der Waals surface area contributed by atoms with Crippen molar-refractivity contribution in [3.05, 3.63) is 90.7 Å². The number of rotatable bonds is 2. The van der Waals surface area contributed by atoms with Crippen LogP contribution in [0.3, 0.4) is 0 Å². The molecule has 24 heavy (non-hydrogen) atoms. The zero-order valence-corrected chi connectivity index (χ0v) is 13.0. The summed E-state index contributed by atoms with van der Waals surface area (Å²) in [6, 6.07) is 26.7. The summed E-state index contributed by atoms with van der Waals surface area (Å²) in [6.07, 6.45) is 0. The highest BCUT2D eigenvalue weighted by Crippen LogP contribution is 2.38. The van der Waals surface area contributed by atoms with E-state index in [9.17, 15) is 4.39 Å². The molecule has 0 amide bonds. The highest BCUT2D eigenvalue weighted by atomic mass is 19.1. The van der Waals surface area contributed by atoms with Crippen molar-refractivity contribution in [2.24, 2.45) is 0 Å². The van der Waals surface area contributed by atoms with Crippen LogP contribution in [0.25, 0.3) is 33.0 Å². The van der Waals surface area contributed by atoms with Crippen LogP contribution < -0.4 is 5.73 Å². The minimum atomic E-state index is -0.221. The maximum absolute atomic E-state index is 14.4. The van der Waals surface area contributed by atoms with Crippen LogP contribution in [-0.4, -0.2) is 0 Å². The van der Waals surface area contributed by atoms with Crippen molar-refractivity contribution < 1.29 is 4.39 Å². The Balaban J connectivity index is 2.11. The van der Waals surface area contributed by atoms with Crippen molar-refractivity contribution in [1.29, 1.82) is 0 Å². The molecule has 0 aliphatic heterocycles. The third-order valence-corrected chi connectivity index (χ3v) is 4.32. The van der Waals surface area contributed by atoms with Gasteiger partial charge in [-0.05, 0) is 34.0 Å². The van der Waals surface area contributed by atoms with Crippen LogP contribution >= 0.6 is 0 Å². The van der Waals surface area contributed by atoms with Gasteiger partial charge in [-0.3, -0.25) is 0 Å². The Labute approximate surface area is 140 Å². The Kier molecular flexibility index (Phi) is 3.51. The summed E-state index contributed by atoms with van der Waals surface area (Å²) in [6.45, 7) is 0. The Hall–Kier alpha value is -3.13. The fraction of sp³-hybridized carbons (Fsp3) is 0. The van der Waals surface area contributed by atoms with Crippen LogP contribution in [0.2, 0.25) is 0 Å². The molecule has 0 bridgehead atoms. The Bertz CT molecular complexity index is 956. The monoisotopic (exact) mass is 313 g/mol. The van der Waals surface area contributed by atoms with Crippen LogP contribution in [-0.2, 0) is 0 Å². The molecule has 0 aromatic heterocycles. The van der Waals surface area contributed by atoms with Gasteiger partial charge in [0.25, 0.3) is 0 Å². The fourth-order valence-electron chi connectivity index (χ4n) is 3.21. The van der Waals surface area contributed by atoms with Gasteiger partial charge in [0.15, 0.2) is 0 Å². The number of para-hydroxylation sites is 1. The first kappa shape index (κ1) is 14.5. The Morgan fingerprint density at radius 3 is 1.75 bits per heavy atom. The lowest BCUT2D eigenvalue weighted by atomic mass is 9.91. The summed E-state index contributed by atoms with van der Waals surface area (Å²) in [5, 5.41) is 2.08. The van der Waals surface area contributed by atoms with Crippen LogP contribution in [0.15, 0.2) is 84.9 Å². The predicted molar refractivity (Wildman–Crippen MR) is 99.2 cm³/mol. The van der Waals surface area contributed by atoms with Crippen LogP contribution in [0.4, 0.5) is 10.1 Å². The molecule has 0 aliphatic rings. The molecular weight excluding hydrogens is 297 g/mol. The number of nitrogens with two attached hydrogens (primary N) is 1. The topological polar surface area (TPSA) is 26.0 Å². The second kappa shape index (κ2) is 5.82. The molecule has 116 valence electrons. The number of hydrogen-bond donors (Lipinski definition) is 1. The van der Waals surface area contributed by atoms with E-state index < -0.39 is 0 Å². The Morgan fingerprint density at radius 2 is 1.08 bits per heavy atom. The first-order chi connectivity index (χ1) is 11.8. The summed E-state index contributed by atoms with van der Waals surface area (Å²) >= 11 is 0. The van der Waals surface area contributed by atoms with Crippen LogP contribution in [0.5, 0.6) is 0 Å². The molecule has 4 aromatic carbocycles. The molecule has 0 aliphatic carbocycles. The average molecular weight is 313 g/mol. The molecular formula is C22H16FN. The number of fused-ring (bicyclic) bond motifs is 1. The predicted octanol–water partition coefficient (Wildman–Crippen LogP) is 5.90. The fourth-order valence-corrected chi connectivity index (χ4v) is 3.21. The van der Waals surface area contributed by atoms with E-state index in [0.717, 1.165) is 27.5 Å². The van der Waals surface area contributed by atoms with Crippen molar-refractivity contribution in [1.82, 2.24) is 0 Å². The van der Waals surface area contributed by atoms with Crippen molar-refractivity contribution in [2.45, 2.75) is 0 Å². The molecule has 4 aromatic rings. The third-order valence-electron chi connectivity index (χ3n) is 4.32. The number of anilines is 1. The first-order valence-electron chi connectivity index (χ1n) is 7.87. The number of nitrogen functional groups attached to an aromatic ring is 1. The van der Waals surface area contributed by atoms with Gasteiger partial charge in [-0.1, -0.05) is 72.8 Å². The second-order valence-corrected chi connectivity index (χ2v) is 5.78. The lowest BCUT2D eigenvalue weighted by Gasteiger charge is -2.14. The largest absolute Gasteiger partial charge is 0.398 e. The number of benzene rings is 4. The number of halogens is 1. The summed E-state index contributed by atoms with van der Waals surface area (Å²) in [7, 11) is 0. The second-order valence-electron chi connectivity index (χ2n) is 5.78. The smallest absolute Gasteiger partial charge is 0.131 e. The van der Waals surface area contributed by atoms with E-state index in [1.807, 2.05) is 72.8 Å². The van der Waals surface area contributed by atoms with E-state index in [2.05, 4.69) is 0 Å². The maximum Gasteiger partial charge on any atom is 0.131 e. The van der Waals surface area contributed by atoms with E-state index >= 15 is 0 Å². The zero-order valence-electron chi connectivity index (χ0n) is 13.0. The minimum absolute atomic E-state index is 0.221. The molecule has 0 unspecified atom stereocenters. The van der Waals surface area contributed by atoms with E-state index in [1.54, 1.807) is 6.07 Å². The average Bonchev–Trinajstić information content (AvgIpc) is 2.62. The molecule has 2 N–H and O–H groups in total. The lowest BCUT2D eigenvalue weighted by Crippen LogP contribution is -1.92. The van der Waals surface area contributed by atoms with Crippen molar-refractivity contribution in [3.63, 3.8) is 0 Å². The minimum Gasteiger partial charge on any atom is -0.398 e. The van der Waals surface area contributed by atoms with Gasteiger partial charge < -0.3 is 5.73 Å². The normalized spacial score (nSPS) is 10.9. The van der Waals surface area contributed by atoms with Crippen molar-refractivity contribution in [3.8, 4) is 22.3 Å². The van der Waals surface area contributed by atoms with Crippen molar-refractivity contribution >= 4 is 16.5 Å². The van der Waals surface area contributed by atoms with E-state index in [1.165, 1.54) is 6.07 Å². The molecule has 1 nitrogen and oxygen atoms in total.